The maximum Gasteiger partial charge on any atom is 0.356 e. The second-order valence-electron chi connectivity index (χ2n) is 6.14. The van der Waals surface area contributed by atoms with Gasteiger partial charge in [-0.2, -0.15) is 5.26 Å². The summed E-state index contributed by atoms with van der Waals surface area (Å²) >= 11 is 3.42. The predicted octanol–water partition coefficient (Wildman–Crippen LogP) is 4.42. The van der Waals surface area contributed by atoms with Gasteiger partial charge in [-0.25, -0.2) is 4.79 Å². The minimum Gasteiger partial charge on any atom is -0.448 e. The minimum absolute atomic E-state index is 0.175. The summed E-state index contributed by atoms with van der Waals surface area (Å²) in [4.78, 5) is 30.0. The first-order chi connectivity index (χ1) is 13.5. The lowest BCUT2D eigenvalue weighted by Crippen LogP contribution is -2.40. The van der Waals surface area contributed by atoms with Crippen molar-refractivity contribution in [2.24, 2.45) is 0 Å². The molecule has 1 N–H and O–H groups in total. The fraction of sp³-hybridized carbons (Fsp3) is 0.190. The minimum atomic E-state index is -1.01. The van der Waals surface area contributed by atoms with Crippen molar-refractivity contribution in [1.82, 2.24) is 4.98 Å². The van der Waals surface area contributed by atoms with Crippen LogP contribution in [0, 0.1) is 11.3 Å². The normalized spacial score (nSPS) is 11.6. The van der Waals surface area contributed by atoms with Crippen molar-refractivity contribution in [1.29, 1.82) is 5.26 Å². The highest BCUT2D eigenvalue weighted by Gasteiger charge is 2.27. The first-order valence-electron chi connectivity index (χ1n) is 8.73. The molecule has 0 aliphatic carbocycles. The Morgan fingerprint density at radius 2 is 1.86 bits per heavy atom. The molecule has 3 rings (SSSR count). The lowest BCUT2D eigenvalue weighted by molar-refractivity contribution is -0.126. The first-order valence-corrected chi connectivity index (χ1v) is 9.52. The number of aromatic nitrogens is 1. The first kappa shape index (κ1) is 19.6. The quantitative estimate of drug-likeness (QED) is 0.575. The summed E-state index contributed by atoms with van der Waals surface area (Å²) in [5, 5.41) is 9.75. The van der Waals surface area contributed by atoms with Crippen LogP contribution in [-0.2, 0) is 9.53 Å². The third-order valence-corrected chi connectivity index (χ3v) is 5.08. The van der Waals surface area contributed by atoms with Gasteiger partial charge in [0.15, 0.2) is 6.10 Å². The van der Waals surface area contributed by atoms with Crippen molar-refractivity contribution in [2.75, 3.05) is 11.4 Å². The van der Waals surface area contributed by atoms with Crippen LogP contribution in [-0.4, -0.2) is 29.5 Å². The maximum atomic E-state index is 12.9. The second kappa shape index (κ2) is 8.72. The fourth-order valence-corrected chi connectivity index (χ4v) is 3.48. The number of carbonyl (C=O) groups is 2. The molecule has 0 fully saturated rings. The smallest absolute Gasteiger partial charge is 0.356 e. The van der Waals surface area contributed by atoms with Gasteiger partial charge in [-0.1, -0.05) is 36.4 Å². The van der Waals surface area contributed by atoms with Crippen LogP contribution < -0.4 is 4.90 Å². The van der Waals surface area contributed by atoms with E-state index in [0.717, 1.165) is 10.9 Å². The van der Waals surface area contributed by atoms with Crippen molar-refractivity contribution in [2.45, 2.75) is 19.4 Å². The molecule has 0 aliphatic heterocycles. The van der Waals surface area contributed by atoms with Crippen LogP contribution in [0.4, 0.5) is 5.69 Å². The van der Waals surface area contributed by atoms with Crippen LogP contribution >= 0.6 is 15.9 Å². The molecule has 0 bridgehead atoms. The van der Waals surface area contributed by atoms with E-state index in [1.165, 1.54) is 11.8 Å². The lowest BCUT2D eigenvalue weighted by Gasteiger charge is -2.25. The lowest BCUT2D eigenvalue weighted by atomic mass is 10.2. The van der Waals surface area contributed by atoms with Gasteiger partial charge in [0.05, 0.1) is 17.0 Å². The van der Waals surface area contributed by atoms with E-state index in [9.17, 15) is 9.59 Å². The maximum absolute atomic E-state index is 12.9. The van der Waals surface area contributed by atoms with Crippen molar-refractivity contribution >= 4 is 44.4 Å². The molecule has 0 spiro atoms. The Balaban J connectivity index is 1.78. The number of hydrogen-bond acceptors (Lipinski definition) is 4. The molecule has 6 nitrogen and oxygen atoms in total. The molecule has 1 aromatic heterocycles. The van der Waals surface area contributed by atoms with Crippen molar-refractivity contribution in [3.05, 3.63) is 64.8 Å². The van der Waals surface area contributed by atoms with Crippen LogP contribution in [0.1, 0.15) is 23.8 Å². The monoisotopic (exact) mass is 439 g/mol. The summed E-state index contributed by atoms with van der Waals surface area (Å²) in [6, 6.07) is 18.5. The molecule has 7 heteroatoms. The second-order valence-corrected chi connectivity index (χ2v) is 6.93. The van der Waals surface area contributed by atoms with E-state index in [2.05, 4.69) is 20.9 Å². The number of anilines is 1. The number of para-hydroxylation sites is 2. The van der Waals surface area contributed by atoms with Crippen LogP contribution in [0.5, 0.6) is 0 Å². The van der Waals surface area contributed by atoms with Gasteiger partial charge < -0.3 is 14.6 Å². The molecule has 28 heavy (non-hydrogen) atoms. The van der Waals surface area contributed by atoms with Gasteiger partial charge in [-0.3, -0.25) is 4.79 Å². The number of esters is 1. The molecular formula is C21H18BrN3O3. The van der Waals surface area contributed by atoms with Gasteiger partial charge in [-0.15, -0.1) is 0 Å². The topological polar surface area (TPSA) is 86.2 Å². The number of nitrogens with one attached hydrogen (secondary N) is 1. The van der Waals surface area contributed by atoms with Crippen LogP contribution in [0.3, 0.4) is 0 Å². The molecule has 0 radical (unpaired) electrons. The Hall–Kier alpha value is -3.11. The van der Waals surface area contributed by atoms with E-state index in [4.69, 9.17) is 10.00 Å². The van der Waals surface area contributed by atoms with Gasteiger partial charge in [-0.05, 0) is 41.1 Å². The van der Waals surface area contributed by atoms with E-state index in [0.29, 0.717) is 10.2 Å². The molecule has 2 aromatic carbocycles. The van der Waals surface area contributed by atoms with Gasteiger partial charge in [0.2, 0.25) is 0 Å². The van der Waals surface area contributed by atoms with Crippen molar-refractivity contribution < 1.29 is 14.3 Å². The summed E-state index contributed by atoms with van der Waals surface area (Å²) in [5.41, 5.74) is 1.70. The molecule has 0 aliphatic rings. The molecule has 142 valence electrons. The zero-order chi connectivity index (χ0) is 20.1. The van der Waals surface area contributed by atoms with Crippen molar-refractivity contribution in [3.63, 3.8) is 0 Å². The van der Waals surface area contributed by atoms with Crippen LogP contribution in [0.15, 0.2) is 59.1 Å². The van der Waals surface area contributed by atoms with Crippen LogP contribution in [0.2, 0.25) is 0 Å². The molecule has 0 saturated heterocycles. The average molecular weight is 440 g/mol. The summed E-state index contributed by atoms with van der Waals surface area (Å²) < 4.78 is 6.01. The molecule has 1 amide bonds. The van der Waals surface area contributed by atoms with E-state index < -0.39 is 12.1 Å². The number of halogens is 1. The van der Waals surface area contributed by atoms with E-state index >= 15 is 0 Å². The number of carbonyl (C=O) groups excluding carboxylic acids is 2. The van der Waals surface area contributed by atoms with Gasteiger partial charge in [0.25, 0.3) is 5.91 Å². The Kier molecular flexibility index (Phi) is 6.12. The largest absolute Gasteiger partial charge is 0.448 e. The Labute approximate surface area is 170 Å². The summed E-state index contributed by atoms with van der Waals surface area (Å²) in [7, 11) is 0. The fourth-order valence-electron chi connectivity index (χ4n) is 2.87. The zero-order valence-electron chi connectivity index (χ0n) is 15.2. The summed E-state index contributed by atoms with van der Waals surface area (Å²) in [5.74, 6) is -1.01. The van der Waals surface area contributed by atoms with E-state index in [1.807, 2.05) is 36.4 Å². The average Bonchev–Trinajstić information content (AvgIpc) is 3.06. The molecule has 3 aromatic rings. The number of H-pyrrole nitrogens is 1. The number of aromatic amines is 1. The van der Waals surface area contributed by atoms with Gasteiger partial charge in [0, 0.05) is 23.1 Å². The SMILES string of the molecule is CC(OC(=O)c1[nH]c2ccccc2c1Br)C(=O)N(CCC#N)c1ccccc1. The summed E-state index contributed by atoms with van der Waals surface area (Å²) in [6.07, 6.45) is -0.834. The molecule has 1 atom stereocenters. The van der Waals surface area contributed by atoms with Gasteiger partial charge >= 0.3 is 5.97 Å². The van der Waals surface area contributed by atoms with E-state index in [1.54, 1.807) is 24.3 Å². The highest BCUT2D eigenvalue weighted by molar-refractivity contribution is 9.10. The number of fused-ring (bicyclic) bond motifs is 1. The molecular weight excluding hydrogens is 422 g/mol. The summed E-state index contributed by atoms with van der Waals surface area (Å²) in [6.45, 7) is 1.75. The number of nitrogens with zero attached hydrogens (tertiary/aromatic N) is 2. The molecule has 1 unspecified atom stereocenters. The number of amides is 1. The molecule has 0 saturated carbocycles. The van der Waals surface area contributed by atoms with Gasteiger partial charge in [0.1, 0.15) is 5.69 Å². The highest BCUT2D eigenvalue weighted by Crippen LogP contribution is 2.28. The predicted molar refractivity (Wildman–Crippen MR) is 110 cm³/mol. The molecule has 1 heterocycles. The van der Waals surface area contributed by atoms with Crippen molar-refractivity contribution in [3.8, 4) is 6.07 Å². The van der Waals surface area contributed by atoms with Crippen LogP contribution in [0.25, 0.3) is 10.9 Å². The number of nitriles is 1. The number of hydrogen-bond donors (Lipinski definition) is 1. The Bertz CT molecular complexity index is 1040. The number of benzene rings is 2. The zero-order valence-corrected chi connectivity index (χ0v) is 16.8. The third-order valence-electron chi connectivity index (χ3n) is 4.26. The van der Waals surface area contributed by atoms with E-state index in [-0.39, 0.29) is 24.6 Å². The Morgan fingerprint density at radius 1 is 1.18 bits per heavy atom. The number of ether oxygens (including phenoxy) is 1. The third kappa shape index (κ3) is 4.07. The standard InChI is InChI=1S/C21H18BrN3O3/c1-14(20(26)25(13-7-12-23)15-8-3-2-4-9-15)28-21(27)19-18(22)16-10-5-6-11-17(16)24-19/h2-6,8-11,14,24H,7,13H2,1H3. The number of rotatable bonds is 6. The Morgan fingerprint density at radius 3 is 2.54 bits per heavy atom. The highest BCUT2D eigenvalue weighted by atomic mass is 79.9.